The molecule has 1 aliphatic rings. The Hall–Kier alpha value is -0.860. The fourth-order valence-electron chi connectivity index (χ4n) is 3.45. The van der Waals surface area contributed by atoms with Crippen molar-refractivity contribution in [3.05, 3.63) is 35.4 Å². The van der Waals surface area contributed by atoms with Crippen LogP contribution in [0.25, 0.3) is 0 Å². The van der Waals surface area contributed by atoms with Crippen molar-refractivity contribution in [1.82, 2.24) is 10.2 Å². The number of rotatable bonds is 6. The van der Waals surface area contributed by atoms with Gasteiger partial charge in [0.25, 0.3) is 0 Å². The van der Waals surface area contributed by atoms with Gasteiger partial charge in [0, 0.05) is 12.6 Å². The van der Waals surface area contributed by atoms with Crippen LogP contribution in [0.5, 0.6) is 0 Å². The second-order valence-electron chi connectivity index (χ2n) is 6.23. The second-order valence-corrected chi connectivity index (χ2v) is 6.23. The summed E-state index contributed by atoms with van der Waals surface area (Å²) in [5, 5.41) is 3.50. The Labute approximate surface area is 124 Å². The van der Waals surface area contributed by atoms with E-state index in [4.69, 9.17) is 0 Å². The average molecular weight is 274 g/mol. The highest BCUT2D eigenvalue weighted by Gasteiger charge is 2.21. The third-order valence-electron chi connectivity index (χ3n) is 4.76. The predicted octanol–water partition coefficient (Wildman–Crippen LogP) is 3.77. The summed E-state index contributed by atoms with van der Waals surface area (Å²) in [6.45, 7) is 8.21. The van der Waals surface area contributed by atoms with Gasteiger partial charge < -0.3 is 10.2 Å². The van der Waals surface area contributed by atoms with Gasteiger partial charge in [0.1, 0.15) is 0 Å². The van der Waals surface area contributed by atoms with E-state index in [2.05, 4.69) is 55.4 Å². The topological polar surface area (TPSA) is 15.3 Å². The van der Waals surface area contributed by atoms with Crippen LogP contribution in [-0.4, -0.2) is 31.6 Å². The number of piperidine rings is 1. The van der Waals surface area contributed by atoms with Crippen molar-refractivity contribution in [1.29, 1.82) is 0 Å². The lowest BCUT2D eigenvalue weighted by Crippen LogP contribution is -2.39. The number of hydrogen-bond acceptors (Lipinski definition) is 2. The molecule has 1 unspecified atom stereocenters. The van der Waals surface area contributed by atoms with E-state index < -0.39 is 0 Å². The number of benzene rings is 1. The molecule has 0 bridgehead atoms. The van der Waals surface area contributed by atoms with Crippen LogP contribution < -0.4 is 5.32 Å². The van der Waals surface area contributed by atoms with Crippen LogP contribution in [0.1, 0.15) is 49.8 Å². The maximum Gasteiger partial charge on any atom is 0.0449 e. The van der Waals surface area contributed by atoms with E-state index in [-0.39, 0.29) is 0 Å². The van der Waals surface area contributed by atoms with Gasteiger partial charge in [-0.05, 0) is 56.9 Å². The number of likely N-dealkylation sites (N-methyl/N-ethyl adjacent to an activating group) is 1. The van der Waals surface area contributed by atoms with Gasteiger partial charge in [-0.25, -0.2) is 0 Å². The van der Waals surface area contributed by atoms with Crippen molar-refractivity contribution >= 4 is 0 Å². The highest BCUT2D eigenvalue weighted by atomic mass is 15.1. The summed E-state index contributed by atoms with van der Waals surface area (Å²) in [6, 6.07) is 9.22. The summed E-state index contributed by atoms with van der Waals surface area (Å²) < 4.78 is 0. The van der Waals surface area contributed by atoms with E-state index in [1.54, 1.807) is 0 Å². The van der Waals surface area contributed by atoms with Crippen molar-refractivity contribution < 1.29 is 0 Å². The zero-order valence-corrected chi connectivity index (χ0v) is 13.4. The molecule has 1 aliphatic heterocycles. The molecule has 2 nitrogen and oxygen atoms in total. The molecule has 0 amide bonds. The molecule has 2 rings (SSSR count). The first-order valence-corrected chi connectivity index (χ1v) is 8.19. The van der Waals surface area contributed by atoms with Crippen LogP contribution in [0.2, 0.25) is 0 Å². The normalized spacial score (nSPS) is 19.1. The molecular weight excluding hydrogens is 244 g/mol. The van der Waals surface area contributed by atoms with Crippen LogP contribution in [0, 0.1) is 12.8 Å². The average Bonchev–Trinajstić information content (AvgIpc) is 2.48. The van der Waals surface area contributed by atoms with Crippen LogP contribution in [0.4, 0.5) is 0 Å². The highest BCUT2D eigenvalue weighted by Crippen LogP contribution is 2.24. The van der Waals surface area contributed by atoms with Crippen molar-refractivity contribution in [3.8, 4) is 0 Å². The molecule has 0 saturated carbocycles. The Bertz CT molecular complexity index is 394. The van der Waals surface area contributed by atoms with Crippen LogP contribution in [0.3, 0.4) is 0 Å². The van der Waals surface area contributed by atoms with Crippen LogP contribution in [-0.2, 0) is 0 Å². The fourth-order valence-corrected chi connectivity index (χ4v) is 3.45. The van der Waals surface area contributed by atoms with Gasteiger partial charge in [-0.1, -0.05) is 44.0 Å². The third-order valence-corrected chi connectivity index (χ3v) is 4.76. The lowest BCUT2D eigenvalue weighted by Gasteiger charge is -2.34. The van der Waals surface area contributed by atoms with Gasteiger partial charge in [0.2, 0.25) is 0 Å². The highest BCUT2D eigenvalue weighted by molar-refractivity contribution is 5.29. The molecule has 0 aliphatic carbocycles. The van der Waals surface area contributed by atoms with E-state index in [1.807, 2.05) is 0 Å². The monoisotopic (exact) mass is 274 g/mol. The molecular formula is C18H30N2. The minimum atomic E-state index is 0.457. The molecule has 1 aromatic carbocycles. The smallest absolute Gasteiger partial charge is 0.0449 e. The number of nitrogens with zero attached hydrogens (tertiary/aromatic N) is 1. The molecule has 1 N–H and O–H groups in total. The predicted molar refractivity (Wildman–Crippen MR) is 87.1 cm³/mol. The fraction of sp³-hybridized carbons (Fsp3) is 0.667. The number of hydrogen-bond donors (Lipinski definition) is 1. The second kappa shape index (κ2) is 7.80. The summed E-state index contributed by atoms with van der Waals surface area (Å²) in [5.74, 6) is 0.975. The first-order valence-electron chi connectivity index (χ1n) is 8.19. The van der Waals surface area contributed by atoms with Crippen molar-refractivity contribution in [2.75, 3.05) is 26.7 Å². The van der Waals surface area contributed by atoms with Gasteiger partial charge in [-0.15, -0.1) is 0 Å². The number of nitrogens with one attached hydrogen (secondary N) is 1. The van der Waals surface area contributed by atoms with E-state index >= 15 is 0 Å². The van der Waals surface area contributed by atoms with Crippen LogP contribution >= 0.6 is 0 Å². The molecule has 0 aromatic heterocycles. The molecule has 0 radical (unpaired) electrons. The van der Waals surface area contributed by atoms with Gasteiger partial charge in [-0.3, -0.25) is 0 Å². The third kappa shape index (κ3) is 4.07. The van der Waals surface area contributed by atoms with Gasteiger partial charge in [0.05, 0.1) is 0 Å². The number of aryl methyl sites for hydroxylation is 1. The summed E-state index contributed by atoms with van der Waals surface area (Å²) in [4.78, 5) is 2.64. The van der Waals surface area contributed by atoms with Crippen molar-refractivity contribution in [2.24, 2.45) is 5.92 Å². The molecule has 1 atom stereocenters. The lowest BCUT2D eigenvalue weighted by molar-refractivity contribution is 0.165. The van der Waals surface area contributed by atoms with Crippen molar-refractivity contribution in [3.63, 3.8) is 0 Å². The van der Waals surface area contributed by atoms with Gasteiger partial charge in [0.15, 0.2) is 0 Å². The first kappa shape index (κ1) is 15.5. The summed E-state index contributed by atoms with van der Waals surface area (Å²) in [6.07, 6.45) is 5.53. The zero-order chi connectivity index (χ0) is 14.4. The van der Waals surface area contributed by atoms with E-state index in [0.29, 0.717) is 6.04 Å². The lowest BCUT2D eigenvalue weighted by atomic mass is 9.92. The Kier molecular flexibility index (Phi) is 6.06. The van der Waals surface area contributed by atoms with E-state index in [0.717, 1.165) is 12.5 Å². The van der Waals surface area contributed by atoms with Crippen LogP contribution in [0.15, 0.2) is 24.3 Å². The van der Waals surface area contributed by atoms with Crippen molar-refractivity contribution in [2.45, 2.75) is 45.6 Å². The van der Waals surface area contributed by atoms with Gasteiger partial charge in [-0.2, -0.15) is 0 Å². The quantitative estimate of drug-likeness (QED) is 0.849. The maximum absolute atomic E-state index is 3.50. The number of likely N-dealkylation sites (tertiary alicyclic amines) is 1. The van der Waals surface area contributed by atoms with E-state index in [9.17, 15) is 0 Å². The molecule has 112 valence electrons. The largest absolute Gasteiger partial charge is 0.312 e. The minimum absolute atomic E-state index is 0.457. The maximum atomic E-state index is 3.50. The minimum Gasteiger partial charge on any atom is -0.312 e. The summed E-state index contributed by atoms with van der Waals surface area (Å²) in [5.41, 5.74) is 2.85. The SMILES string of the molecule is CCCC1CCN(CC(NC)c2ccccc2C)CC1. The molecule has 1 saturated heterocycles. The summed E-state index contributed by atoms with van der Waals surface area (Å²) >= 11 is 0. The Morgan fingerprint density at radius 3 is 2.55 bits per heavy atom. The Morgan fingerprint density at radius 2 is 1.95 bits per heavy atom. The molecule has 1 aromatic rings. The molecule has 0 spiro atoms. The Balaban J connectivity index is 1.90. The Morgan fingerprint density at radius 1 is 1.25 bits per heavy atom. The molecule has 20 heavy (non-hydrogen) atoms. The summed E-state index contributed by atoms with van der Waals surface area (Å²) in [7, 11) is 2.08. The molecule has 1 fully saturated rings. The first-order chi connectivity index (χ1) is 9.74. The van der Waals surface area contributed by atoms with E-state index in [1.165, 1.54) is 49.9 Å². The molecule has 1 heterocycles. The zero-order valence-electron chi connectivity index (χ0n) is 13.4. The molecule has 2 heteroatoms. The van der Waals surface area contributed by atoms with Gasteiger partial charge >= 0.3 is 0 Å². The standard InChI is InChI=1S/C18H30N2/c1-4-7-16-10-12-20(13-11-16)14-18(19-3)17-9-6-5-8-15(17)2/h5-6,8-9,16,18-19H,4,7,10-14H2,1-3H3.